The number of carboxylic acid groups (broad SMARTS) is 1. The summed E-state index contributed by atoms with van der Waals surface area (Å²) in [6.07, 6.45) is 5.61. The van der Waals surface area contributed by atoms with Crippen molar-refractivity contribution < 1.29 is 16.1 Å². The first kappa shape index (κ1) is 15.2. The number of carboxylic acids is 1. The molecule has 2 rings (SSSR count). The third-order valence-corrected chi connectivity index (χ3v) is 5.15. The molecule has 3 N–H and O–H groups in total. The topological polar surface area (TPSA) is 80.4 Å². The minimum atomic E-state index is -0.968. The summed E-state index contributed by atoms with van der Waals surface area (Å²) in [6.45, 7) is 6.53. The number of rotatable bonds is 2. The Kier molecular flexibility index (Phi) is 4.54. The van der Waals surface area contributed by atoms with Gasteiger partial charge < -0.3 is 10.8 Å². The highest BCUT2D eigenvalue weighted by molar-refractivity contribution is 5.88. The zero-order valence-corrected chi connectivity index (χ0v) is 11.7. The number of carbonyl (C=O) groups is 2. The van der Waals surface area contributed by atoms with Gasteiger partial charge in [0.15, 0.2) is 0 Å². The van der Waals surface area contributed by atoms with E-state index in [9.17, 15) is 9.59 Å². The summed E-state index contributed by atoms with van der Waals surface area (Å²) >= 11 is 0. The number of hydrogen-bond acceptors (Lipinski definition) is 3. The van der Waals surface area contributed by atoms with E-state index in [1.54, 1.807) is 0 Å². The summed E-state index contributed by atoms with van der Waals surface area (Å²) in [5.74, 6) is 0.265. The van der Waals surface area contributed by atoms with Gasteiger partial charge in [-0.2, -0.15) is 0 Å². The van der Waals surface area contributed by atoms with Crippen molar-refractivity contribution in [2.75, 3.05) is 6.54 Å². The summed E-state index contributed by atoms with van der Waals surface area (Å²) in [5, 5.41) is 7.60. The Balaban J connectivity index is 0.000000471. The van der Waals surface area contributed by atoms with E-state index in [-0.39, 0.29) is 18.8 Å². The molecule has 2 aliphatic rings. The normalized spacial score (nSPS) is 32.7. The number of carbonyl (C=O) groups excluding carboxylic acids is 1. The highest BCUT2D eigenvalue weighted by Crippen LogP contribution is 2.62. The average Bonchev–Trinajstić information content (AvgIpc) is 2.46. The SMILES string of the molecule is CCC12CCCC(CC1=O)C2(C)C.NCC(=O)O.[HH]. The van der Waals surface area contributed by atoms with E-state index in [1.807, 2.05) is 0 Å². The van der Waals surface area contributed by atoms with Crippen LogP contribution in [0.3, 0.4) is 0 Å². The Morgan fingerprint density at radius 3 is 2.50 bits per heavy atom. The molecule has 2 aliphatic carbocycles. The van der Waals surface area contributed by atoms with Gasteiger partial charge in [-0.25, -0.2) is 0 Å². The van der Waals surface area contributed by atoms with Crippen molar-refractivity contribution in [2.45, 2.75) is 52.9 Å². The predicted octanol–water partition coefficient (Wildman–Crippen LogP) is 2.46. The maximum atomic E-state index is 12.0. The van der Waals surface area contributed by atoms with Crippen LogP contribution in [0.2, 0.25) is 0 Å². The second-order valence-corrected chi connectivity index (χ2v) is 5.97. The summed E-state index contributed by atoms with van der Waals surface area (Å²) in [5.41, 5.74) is 4.90. The molecule has 0 radical (unpaired) electrons. The zero-order chi connectivity index (χ0) is 14.0. The Morgan fingerprint density at radius 1 is 1.56 bits per heavy atom. The highest BCUT2D eigenvalue weighted by atomic mass is 16.4. The zero-order valence-electron chi connectivity index (χ0n) is 11.7. The van der Waals surface area contributed by atoms with Crippen molar-refractivity contribution >= 4 is 11.8 Å². The van der Waals surface area contributed by atoms with E-state index in [0.717, 1.165) is 19.3 Å². The van der Waals surface area contributed by atoms with Crippen LogP contribution in [-0.2, 0) is 9.59 Å². The number of aliphatic carboxylic acids is 1. The van der Waals surface area contributed by atoms with Gasteiger partial charge in [-0.15, -0.1) is 0 Å². The molecule has 4 heteroatoms. The van der Waals surface area contributed by atoms with E-state index in [2.05, 4.69) is 26.5 Å². The molecule has 0 amide bonds. The molecule has 0 heterocycles. The Hall–Kier alpha value is -0.900. The van der Waals surface area contributed by atoms with E-state index in [4.69, 9.17) is 5.11 Å². The maximum Gasteiger partial charge on any atom is 0.317 e. The quantitative estimate of drug-likeness (QED) is 0.796. The van der Waals surface area contributed by atoms with Gasteiger partial charge in [-0.3, -0.25) is 9.59 Å². The van der Waals surface area contributed by atoms with Gasteiger partial charge in [-0.1, -0.05) is 27.2 Å². The molecule has 4 nitrogen and oxygen atoms in total. The number of nitrogens with two attached hydrogens (primary N) is 1. The molecule has 0 aromatic heterocycles. The first-order chi connectivity index (χ1) is 8.31. The molecule has 2 fully saturated rings. The van der Waals surface area contributed by atoms with Crippen molar-refractivity contribution in [2.24, 2.45) is 22.5 Å². The van der Waals surface area contributed by atoms with Gasteiger partial charge >= 0.3 is 5.97 Å². The van der Waals surface area contributed by atoms with Crippen LogP contribution in [0.5, 0.6) is 0 Å². The fraction of sp³-hybridized carbons (Fsp3) is 0.857. The molecule has 2 unspecified atom stereocenters. The summed E-state index contributed by atoms with van der Waals surface area (Å²) in [7, 11) is 0. The van der Waals surface area contributed by atoms with Gasteiger partial charge in [0.1, 0.15) is 5.78 Å². The van der Waals surface area contributed by atoms with Crippen LogP contribution in [0.1, 0.15) is 54.3 Å². The molecule has 2 bridgehead atoms. The average molecular weight is 257 g/mol. The lowest BCUT2D eigenvalue weighted by atomic mass is 9.57. The van der Waals surface area contributed by atoms with Crippen molar-refractivity contribution in [3.63, 3.8) is 0 Å². The lowest BCUT2D eigenvalue weighted by Crippen LogP contribution is -2.42. The van der Waals surface area contributed by atoms with Gasteiger partial charge in [0, 0.05) is 13.3 Å². The summed E-state index contributed by atoms with van der Waals surface area (Å²) in [6, 6.07) is 0. The van der Waals surface area contributed by atoms with Crippen LogP contribution in [0.15, 0.2) is 0 Å². The van der Waals surface area contributed by atoms with Gasteiger partial charge in [-0.05, 0) is 30.6 Å². The fourth-order valence-electron chi connectivity index (χ4n) is 3.83. The van der Waals surface area contributed by atoms with Crippen molar-refractivity contribution in [1.82, 2.24) is 0 Å². The number of ketones is 1. The van der Waals surface area contributed by atoms with Crippen LogP contribution in [0.4, 0.5) is 0 Å². The summed E-state index contributed by atoms with van der Waals surface area (Å²) in [4.78, 5) is 21.3. The standard InChI is InChI=1S/C12H20O.C2H5NO2.H2/c1-4-12-7-5-6-9(8-10(12)13)11(12,2)3;3-1-2(4)5;/h9H,4-8H2,1-3H3;1,3H2,(H,4,5);1H. The summed E-state index contributed by atoms with van der Waals surface area (Å²) < 4.78 is 0. The molecule has 2 atom stereocenters. The Morgan fingerprint density at radius 2 is 2.11 bits per heavy atom. The number of Topliss-reactive ketones (excluding diaryl/α,β-unsaturated/α-hetero) is 1. The van der Waals surface area contributed by atoms with Crippen LogP contribution in [0, 0.1) is 16.7 Å². The monoisotopic (exact) mass is 257 g/mol. The lowest BCUT2D eigenvalue weighted by molar-refractivity contribution is -0.135. The predicted molar refractivity (Wildman–Crippen MR) is 72.3 cm³/mol. The van der Waals surface area contributed by atoms with Crippen LogP contribution in [0.25, 0.3) is 0 Å². The number of fused-ring (bicyclic) bond motifs is 2. The second kappa shape index (κ2) is 5.39. The molecular formula is C14H27NO3. The molecule has 0 saturated heterocycles. The third kappa shape index (κ3) is 2.30. The van der Waals surface area contributed by atoms with Gasteiger partial charge in [0.2, 0.25) is 0 Å². The van der Waals surface area contributed by atoms with E-state index in [0.29, 0.717) is 11.7 Å². The first-order valence-corrected chi connectivity index (χ1v) is 6.77. The van der Waals surface area contributed by atoms with Gasteiger partial charge in [0.05, 0.1) is 6.54 Å². The third-order valence-electron chi connectivity index (χ3n) is 5.15. The highest BCUT2D eigenvalue weighted by Gasteiger charge is 2.60. The van der Waals surface area contributed by atoms with E-state index >= 15 is 0 Å². The molecular weight excluding hydrogens is 230 g/mol. The van der Waals surface area contributed by atoms with E-state index < -0.39 is 5.97 Å². The second-order valence-electron chi connectivity index (χ2n) is 5.97. The fourth-order valence-corrected chi connectivity index (χ4v) is 3.83. The lowest BCUT2D eigenvalue weighted by Gasteiger charge is -2.46. The van der Waals surface area contributed by atoms with Crippen molar-refractivity contribution in [3.8, 4) is 0 Å². The smallest absolute Gasteiger partial charge is 0.317 e. The minimum Gasteiger partial charge on any atom is -0.480 e. The van der Waals surface area contributed by atoms with Crippen LogP contribution in [-0.4, -0.2) is 23.4 Å². The van der Waals surface area contributed by atoms with Crippen LogP contribution >= 0.6 is 0 Å². The Labute approximate surface area is 110 Å². The van der Waals surface area contributed by atoms with Crippen molar-refractivity contribution in [3.05, 3.63) is 0 Å². The van der Waals surface area contributed by atoms with Crippen LogP contribution < -0.4 is 5.73 Å². The molecule has 0 aliphatic heterocycles. The largest absolute Gasteiger partial charge is 0.480 e. The first-order valence-electron chi connectivity index (χ1n) is 6.77. The molecule has 18 heavy (non-hydrogen) atoms. The molecule has 0 spiro atoms. The van der Waals surface area contributed by atoms with Crippen molar-refractivity contribution in [1.29, 1.82) is 0 Å². The van der Waals surface area contributed by atoms with Gasteiger partial charge in [0.25, 0.3) is 0 Å². The Bertz CT molecular complexity index is 344. The molecule has 106 valence electrons. The molecule has 0 aromatic rings. The minimum absolute atomic E-state index is 0. The van der Waals surface area contributed by atoms with E-state index in [1.165, 1.54) is 12.8 Å². The number of hydrogen-bond donors (Lipinski definition) is 2. The maximum absolute atomic E-state index is 12.0. The molecule has 2 saturated carbocycles. The molecule has 0 aromatic carbocycles.